The highest BCUT2D eigenvalue weighted by molar-refractivity contribution is 6.20. The van der Waals surface area contributed by atoms with Crippen molar-refractivity contribution >= 4 is 39.3 Å². The first-order valence-corrected chi connectivity index (χ1v) is 11.9. The van der Waals surface area contributed by atoms with Crippen molar-refractivity contribution in [1.29, 1.82) is 0 Å². The van der Waals surface area contributed by atoms with E-state index in [-0.39, 0.29) is 12.4 Å². The second kappa shape index (κ2) is 9.02. The van der Waals surface area contributed by atoms with Crippen molar-refractivity contribution in [2.75, 3.05) is 6.61 Å². The van der Waals surface area contributed by atoms with Gasteiger partial charge in [0.15, 0.2) is 5.78 Å². The van der Waals surface area contributed by atoms with Gasteiger partial charge in [-0.15, -0.1) is 0 Å². The van der Waals surface area contributed by atoms with E-state index >= 15 is 0 Å². The summed E-state index contributed by atoms with van der Waals surface area (Å²) in [5.41, 5.74) is 5.78. The molecule has 2 heterocycles. The van der Waals surface area contributed by atoms with Crippen LogP contribution in [0.5, 0.6) is 5.75 Å². The average Bonchev–Trinajstić information content (AvgIpc) is 3.39. The van der Waals surface area contributed by atoms with E-state index < -0.39 is 5.97 Å². The third-order valence-corrected chi connectivity index (χ3v) is 6.51. The van der Waals surface area contributed by atoms with Gasteiger partial charge in [0.2, 0.25) is 0 Å². The van der Waals surface area contributed by atoms with Crippen molar-refractivity contribution in [2.45, 2.75) is 40.7 Å². The highest BCUT2D eigenvalue weighted by Crippen LogP contribution is 2.41. The Labute approximate surface area is 204 Å². The first-order valence-electron chi connectivity index (χ1n) is 11.9. The molecular formula is C29H28N2O4. The van der Waals surface area contributed by atoms with Gasteiger partial charge in [-0.25, -0.2) is 4.79 Å². The number of oxime groups is 1. The number of hydrogen-bond acceptors (Lipinski definition) is 5. The molecule has 35 heavy (non-hydrogen) atoms. The third-order valence-electron chi connectivity index (χ3n) is 6.51. The third kappa shape index (κ3) is 4.09. The normalized spacial score (nSPS) is 14.0. The van der Waals surface area contributed by atoms with Gasteiger partial charge in [0.25, 0.3) is 0 Å². The summed E-state index contributed by atoms with van der Waals surface area (Å²) in [5.74, 6) is 0.787. The Morgan fingerprint density at radius 3 is 2.60 bits per heavy atom. The van der Waals surface area contributed by atoms with Crippen LogP contribution in [-0.2, 0) is 16.2 Å². The van der Waals surface area contributed by atoms with Gasteiger partial charge in [-0.1, -0.05) is 43.3 Å². The summed E-state index contributed by atoms with van der Waals surface area (Å²) in [6.07, 6.45) is 1.03. The van der Waals surface area contributed by atoms with E-state index in [0.29, 0.717) is 28.5 Å². The fraction of sp³-hybridized carbons (Fsp3) is 0.276. The number of nitrogens with zero attached hydrogens (tertiary/aromatic N) is 2. The lowest BCUT2D eigenvalue weighted by Gasteiger charge is -2.10. The van der Waals surface area contributed by atoms with E-state index in [1.54, 1.807) is 0 Å². The van der Waals surface area contributed by atoms with Gasteiger partial charge in [-0.3, -0.25) is 4.79 Å². The smallest absolute Gasteiger partial charge is 0.331 e. The number of rotatable bonds is 6. The van der Waals surface area contributed by atoms with Crippen LogP contribution < -0.4 is 4.74 Å². The zero-order valence-corrected chi connectivity index (χ0v) is 20.4. The fourth-order valence-corrected chi connectivity index (χ4v) is 4.70. The topological polar surface area (TPSA) is 69.9 Å². The van der Waals surface area contributed by atoms with Gasteiger partial charge in [-0.2, -0.15) is 0 Å². The standard InChI is InChI=1S/C29H28N2O4/c1-17(2)13-14-31-25-11-9-20(28(33)21-8-6-5-7-18(21)3)15-23(25)27-26(31)12-10-22-24(16-34-29(22)27)30-35-19(4)32/h5-12,15,17H,13-14,16H2,1-4H3/b30-24+. The number of aromatic nitrogens is 1. The van der Waals surface area contributed by atoms with Crippen molar-refractivity contribution in [1.82, 2.24) is 4.57 Å². The van der Waals surface area contributed by atoms with Gasteiger partial charge < -0.3 is 14.1 Å². The molecule has 1 aromatic heterocycles. The summed E-state index contributed by atoms with van der Waals surface area (Å²) in [6, 6.07) is 17.6. The van der Waals surface area contributed by atoms with Gasteiger partial charge in [0.1, 0.15) is 18.1 Å². The highest BCUT2D eigenvalue weighted by Gasteiger charge is 2.27. The van der Waals surface area contributed by atoms with Crippen LogP contribution in [0.3, 0.4) is 0 Å². The van der Waals surface area contributed by atoms with E-state index in [0.717, 1.165) is 45.9 Å². The molecule has 3 aromatic carbocycles. The Balaban J connectivity index is 1.72. The monoisotopic (exact) mass is 468 g/mol. The maximum Gasteiger partial charge on any atom is 0.331 e. The van der Waals surface area contributed by atoms with E-state index in [2.05, 4.69) is 29.6 Å². The van der Waals surface area contributed by atoms with E-state index in [9.17, 15) is 9.59 Å². The summed E-state index contributed by atoms with van der Waals surface area (Å²) in [6.45, 7) is 8.78. The molecule has 0 spiro atoms. The summed E-state index contributed by atoms with van der Waals surface area (Å²) < 4.78 is 8.39. The van der Waals surface area contributed by atoms with Crippen LogP contribution >= 0.6 is 0 Å². The summed E-state index contributed by atoms with van der Waals surface area (Å²) in [5, 5.41) is 5.91. The van der Waals surface area contributed by atoms with Crippen LogP contribution in [0.25, 0.3) is 21.8 Å². The van der Waals surface area contributed by atoms with Crippen molar-refractivity contribution in [2.24, 2.45) is 11.1 Å². The molecule has 0 N–H and O–H groups in total. The van der Waals surface area contributed by atoms with Crippen LogP contribution in [0.1, 0.15) is 54.2 Å². The van der Waals surface area contributed by atoms with Crippen molar-refractivity contribution in [3.8, 4) is 5.75 Å². The van der Waals surface area contributed by atoms with Crippen LogP contribution in [0.2, 0.25) is 0 Å². The zero-order valence-electron chi connectivity index (χ0n) is 20.4. The van der Waals surface area contributed by atoms with Crippen molar-refractivity contribution in [3.05, 3.63) is 76.9 Å². The molecule has 5 rings (SSSR count). The summed E-state index contributed by atoms with van der Waals surface area (Å²) in [4.78, 5) is 29.5. The van der Waals surface area contributed by atoms with Crippen LogP contribution in [0.4, 0.5) is 0 Å². The first kappa shape index (κ1) is 22.8. The van der Waals surface area contributed by atoms with E-state index in [1.165, 1.54) is 6.92 Å². The molecule has 0 amide bonds. The molecule has 0 bridgehead atoms. The van der Waals surface area contributed by atoms with Gasteiger partial charge in [0, 0.05) is 41.1 Å². The van der Waals surface area contributed by atoms with Crippen LogP contribution in [0.15, 0.2) is 59.8 Å². The van der Waals surface area contributed by atoms with Crippen molar-refractivity contribution in [3.63, 3.8) is 0 Å². The Bertz CT molecular complexity index is 1510. The zero-order chi connectivity index (χ0) is 24.7. The van der Waals surface area contributed by atoms with Gasteiger partial charge in [0.05, 0.1) is 10.9 Å². The molecule has 0 unspecified atom stereocenters. The van der Waals surface area contributed by atoms with Gasteiger partial charge in [-0.05, 0) is 55.2 Å². The minimum absolute atomic E-state index is 0.00122. The minimum Gasteiger partial charge on any atom is -0.486 e. The summed E-state index contributed by atoms with van der Waals surface area (Å²) in [7, 11) is 0. The molecule has 1 aliphatic heterocycles. The lowest BCUT2D eigenvalue weighted by Crippen LogP contribution is -2.05. The van der Waals surface area contributed by atoms with Crippen LogP contribution in [0, 0.1) is 12.8 Å². The quantitative estimate of drug-likeness (QED) is 0.197. The molecule has 1 aliphatic rings. The average molecular weight is 469 g/mol. The number of benzene rings is 3. The fourth-order valence-electron chi connectivity index (χ4n) is 4.70. The second-order valence-corrected chi connectivity index (χ2v) is 9.46. The highest BCUT2D eigenvalue weighted by atomic mass is 16.7. The van der Waals surface area contributed by atoms with Gasteiger partial charge >= 0.3 is 5.97 Å². The minimum atomic E-state index is -0.475. The lowest BCUT2D eigenvalue weighted by molar-refractivity contribution is -0.140. The predicted molar refractivity (Wildman–Crippen MR) is 137 cm³/mol. The summed E-state index contributed by atoms with van der Waals surface area (Å²) >= 11 is 0. The molecular weight excluding hydrogens is 440 g/mol. The molecule has 4 aromatic rings. The lowest BCUT2D eigenvalue weighted by atomic mass is 9.97. The first-order chi connectivity index (χ1) is 16.8. The Morgan fingerprint density at radius 1 is 1.09 bits per heavy atom. The number of ether oxygens (including phenoxy) is 1. The molecule has 0 atom stereocenters. The Morgan fingerprint density at radius 2 is 1.86 bits per heavy atom. The van der Waals surface area contributed by atoms with Crippen molar-refractivity contribution < 1.29 is 19.2 Å². The maximum atomic E-state index is 13.4. The predicted octanol–water partition coefficient (Wildman–Crippen LogP) is 6.04. The molecule has 0 aliphatic carbocycles. The van der Waals surface area contributed by atoms with E-state index in [1.807, 2.05) is 55.5 Å². The molecule has 6 nitrogen and oxygen atoms in total. The molecule has 178 valence electrons. The molecule has 0 radical (unpaired) electrons. The SMILES string of the molecule is CC(=O)O/N=C1\COc2c1ccc1c2c2cc(C(=O)c3ccccc3C)ccc2n1CCC(C)C. The van der Waals surface area contributed by atoms with Crippen LogP contribution in [-0.4, -0.2) is 28.6 Å². The Hall–Kier alpha value is -3.93. The molecule has 0 fully saturated rings. The largest absolute Gasteiger partial charge is 0.486 e. The number of fused-ring (bicyclic) bond motifs is 5. The maximum absolute atomic E-state index is 13.4. The molecule has 0 saturated carbocycles. The number of aryl methyl sites for hydroxylation is 2. The molecule has 6 heteroatoms. The molecule has 0 saturated heterocycles. The number of carbonyl (C=O) groups excluding carboxylic acids is 2. The van der Waals surface area contributed by atoms with E-state index in [4.69, 9.17) is 9.57 Å². The number of hydrogen-bond donors (Lipinski definition) is 0. The Kier molecular flexibility index (Phi) is 5.89. The second-order valence-electron chi connectivity index (χ2n) is 9.46. The number of carbonyl (C=O) groups is 2. The number of ketones is 1.